The Labute approximate surface area is 591 Å². The standard InChI is InChI=1S/C49H83N3O6.C33H52N2O5/c1-6-10-12-14-15-16-17-18-19-23-26-30-34-44(48(55)56)50-46(53)35-31-27-24-21-20-22-25-29-33-41(32-28-13-11-7-2)51(5)47(54)43-38-40-36-37-42(52(8-3)9-4)39-45(40)58-49(43)57;1-5-8-9-16-19-27(20-17-14-12-10-11-13-15-18-21-31(36)37)34(4)32(38)29-24-26-22-23-28(35(6-2)7-3)25-30(26)40-33(29)39/h36-39,41,44H,6-35H2,1-5H3,(H,50,53)(H,55,56);22-25,27H,5-21H2,1-4H3,(H,36,37). The molecule has 16 nitrogen and oxygen atoms in total. The van der Waals surface area contributed by atoms with Gasteiger partial charge >= 0.3 is 23.2 Å². The zero-order valence-corrected chi connectivity index (χ0v) is 62.9. The molecule has 0 aliphatic carbocycles. The second kappa shape index (κ2) is 52.8. The number of carbonyl (C=O) groups is 5. The van der Waals surface area contributed by atoms with Gasteiger partial charge in [0.1, 0.15) is 28.3 Å². The minimum Gasteiger partial charge on any atom is -0.481 e. The van der Waals surface area contributed by atoms with Crippen LogP contribution < -0.4 is 26.4 Å². The highest BCUT2D eigenvalue weighted by Crippen LogP contribution is 2.27. The van der Waals surface area contributed by atoms with Crippen LogP contribution in [0.5, 0.6) is 0 Å². The van der Waals surface area contributed by atoms with E-state index in [9.17, 15) is 38.7 Å². The van der Waals surface area contributed by atoms with Crippen LogP contribution in [-0.2, 0) is 14.4 Å². The van der Waals surface area contributed by atoms with Crippen LogP contribution >= 0.6 is 0 Å². The lowest BCUT2D eigenvalue weighted by atomic mass is 9.98. The predicted octanol–water partition coefficient (Wildman–Crippen LogP) is 20.6. The van der Waals surface area contributed by atoms with Crippen LogP contribution in [-0.4, -0.2) is 108 Å². The highest BCUT2D eigenvalue weighted by molar-refractivity contribution is 5.98. The molecule has 3 atom stereocenters. The molecule has 16 heteroatoms. The van der Waals surface area contributed by atoms with E-state index >= 15 is 0 Å². The summed E-state index contributed by atoms with van der Waals surface area (Å²) in [6.45, 7) is 18.5. The number of nitrogens with zero attached hydrogens (tertiary/aromatic N) is 4. The Kier molecular flexibility index (Phi) is 46.3. The van der Waals surface area contributed by atoms with E-state index in [1.165, 1.54) is 77.0 Å². The van der Waals surface area contributed by atoms with Crippen LogP contribution in [0, 0.1) is 0 Å². The van der Waals surface area contributed by atoms with Gasteiger partial charge in [-0.25, -0.2) is 14.4 Å². The van der Waals surface area contributed by atoms with E-state index in [2.05, 4.69) is 63.6 Å². The number of carboxylic acids is 2. The molecule has 0 aliphatic heterocycles. The van der Waals surface area contributed by atoms with Gasteiger partial charge in [0.25, 0.3) is 11.8 Å². The highest BCUT2D eigenvalue weighted by atomic mass is 16.4. The number of rotatable bonds is 57. The van der Waals surface area contributed by atoms with Crippen molar-refractivity contribution in [3.05, 3.63) is 80.5 Å². The third-order valence-corrected chi connectivity index (χ3v) is 20.0. The molecule has 0 bridgehead atoms. The number of nitrogens with one attached hydrogen (secondary N) is 1. The fourth-order valence-corrected chi connectivity index (χ4v) is 13.6. The number of hydrogen-bond donors (Lipinski definition) is 3. The second-order valence-corrected chi connectivity index (χ2v) is 27.8. The summed E-state index contributed by atoms with van der Waals surface area (Å²) in [6.07, 6.45) is 45.6. The molecule has 2 aromatic heterocycles. The van der Waals surface area contributed by atoms with Crippen LogP contribution in [0.3, 0.4) is 0 Å². The van der Waals surface area contributed by atoms with Crippen molar-refractivity contribution >= 4 is 63.0 Å². The molecule has 554 valence electrons. The number of carbonyl (C=O) groups excluding carboxylic acids is 3. The number of fused-ring (bicyclic) bond motifs is 2. The van der Waals surface area contributed by atoms with Crippen molar-refractivity contribution in [1.29, 1.82) is 0 Å². The Morgan fingerprint density at radius 1 is 0.388 bits per heavy atom. The third kappa shape index (κ3) is 34.3. The summed E-state index contributed by atoms with van der Waals surface area (Å²) in [4.78, 5) is 96.1. The molecule has 0 saturated heterocycles. The Hall–Kier alpha value is -6.19. The van der Waals surface area contributed by atoms with E-state index in [4.69, 9.17) is 13.9 Å². The minimum absolute atomic E-state index is 0.0703. The lowest BCUT2D eigenvalue weighted by Gasteiger charge is -2.28. The number of unbranched alkanes of at least 4 members (excludes halogenated alkanes) is 31. The van der Waals surface area contributed by atoms with Gasteiger partial charge in [-0.15, -0.1) is 0 Å². The zero-order valence-electron chi connectivity index (χ0n) is 62.9. The van der Waals surface area contributed by atoms with E-state index < -0.39 is 29.2 Å². The lowest BCUT2D eigenvalue weighted by molar-refractivity contribution is -0.142. The molecule has 2 aromatic carbocycles. The lowest BCUT2D eigenvalue weighted by Crippen LogP contribution is -2.40. The Morgan fingerprint density at radius 2 is 0.684 bits per heavy atom. The van der Waals surface area contributed by atoms with Gasteiger partial charge in [0.2, 0.25) is 5.91 Å². The first kappa shape index (κ1) is 86.0. The molecular weight excluding hydrogens is 1230 g/mol. The van der Waals surface area contributed by atoms with Crippen LogP contribution in [0.25, 0.3) is 21.9 Å². The van der Waals surface area contributed by atoms with Crippen molar-refractivity contribution in [2.24, 2.45) is 0 Å². The summed E-state index contributed by atoms with van der Waals surface area (Å²) < 4.78 is 11.4. The summed E-state index contributed by atoms with van der Waals surface area (Å²) >= 11 is 0. The van der Waals surface area contributed by atoms with Crippen molar-refractivity contribution in [2.45, 2.75) is 343 Å². The largest absolute Gasteiger partial charge is 0.481 e. The fourth-order valence-electron chi connectivity index (χ4n) is 13.6. The van der Waals surface area contributed by atoms with Gasteiger partial charge in [-0.3, -0.25) is 19.2 Å². The number of carboxylic acid groups (broad SMARTS) is 2. The van der Waals surface area contributed by atoms with E-state index in [-0.39, 0.29) is 47.4 Å². The number of anilines is 2. The molecule has 0 spiro atoms. The molecule has 4 rings (SSSR count). The van der Waals surface area contributed by atoms with Gasteiger partial charge in [-0.1, -0.05) is 239 Å². The predicted molar refractivity (Wildman–Crippen MR) is 407 cm³/mol. The molecule has 2 heterocycles. The Bertz CT molecular complexity index is 2950. The first-order valence-electron chi connectivity index (χ1n) is 39.4. The number of benzene rings is 2. The molecular formula is C82H135N5O11. The van der Waals surface area contributed by atoms with Crippen LogP contribution in [0.1, 0.15) is 345 Å². The van der Waals surface area contributed by atoms with Crippen molar-refractivity contribution in [3.8, 4) is 0 Å². The monoisotopic (exact) mass is 1370 g/mol. The first-order chi connectivity index (χ1) is 47.5. The van der Waals surface area contributed by atoms with Gasteiger partial charge < -0.3 is 44.0 Å². The van der Waals surface area contributed by atoms with Crippen molar-refractivity contribution < 1.29 is 43.0 Å². The summed E-state index contributed by atoms with van der Waals surface area (Å²) in [7, 11) is 3.67. The van der Waals surface area contributed by atoms with Crippen LogP contribution in [0.4, 0.5) is 11.4 Å². The maximum absolute atomic E-state index is 13.7. The maximum atomic E-state index is 13.7. The molecule has 3 unspecified atom stereocenters. The summed E-state index contributed by atoms with van der Waals surface area (Å²) in [5, 5.41) is 22.6. The quantitative estimate of drug-likeness (QED) is 0.0278. The second-order valence-electron chi connectivity index (χ2n) is 27.8. The Morgan fingerprint density at radius 3 is 1.00 bits per heavy atom. The number of aliphatic carboxylic acids is 2. The van der Waals surface area contributed by atoms with E-state index in [0.29, 0.717) is 24.0 Å². The van der Waals surface area contributed by atoms with Gasteiger partial charge in [-0.05, 0) is 109 Å². The molecule has 98 heavy (non-hydrogen) atoms. The minimum atomic E-state index is -0.931. The Balaban J connectivity index is 0.000000545. The zero-order chi connectivity index (χ0) is 71.7. The molecule has 4 aromatic rings. The summed E-state index contributed by atoms with van der Waals surface area (Å²) in [5.74, 6) is -2.32. The van der Waals surface area contributed by atoms with Crippen LogP contribution in [0.2, 0.25) is 0 Å². The molecule has 0 saturated carbocycles. The van der Waals surface area contributed by atoms with Gasteiger partial charge in [-0.2, -0.15) is 0 Å². The number of hydrogen-bond acceptors (Lipinski definition) is 11. The fraction of sp³-hybridized carbons (Fsp3) is 0.720. The van der Waals surface area contributed by atoms with Crippen molar-refractivity contribution in [1.82, 2.24) is 15.1 Å². The first-order valence-corrected chi connectivity index (χ1v) is 39.4. The average Bonchev–Trinajstić information content (AvgIpc) is 0.802. The van der Waals surface area contributed by atoms with Crippen LogP contribution in [0.15, 0.2) is 67.0 Å². The topological polar surface area (TPSA) is 211 Å². The van der Waals surface area contributed by atoms with Crippen molar-refractivity contribution in [3.63, 3.8) is 0 Å². The van der Waals surface area contributed by atoms with E-state index in [1.807, 2.05) is 50.5 Å². The molecule has 3 amide bonds. The third-order valence-electron chi connectivity index (χ3n) is 20.0. The van der Waals surface area contributed by atoms with Gasteiger partial charge in [0.05, 0.1) is 0 Å². The normalized spacial score (nSPS) is 12.3. The average molecular weight is 1370 g/mol. The molecule has 3 N–H and O–H groups in total. The number of amides is 3. The maximum Gasteiger partial charge on any atom is 0.349 e. The molecule has 0 fully saturated rings. The summed E-state index contributed by atoms with van der Waals surface area (Å²) in [5.41, 5.74) is 2.05. The van der Waals surface area contributed by atoms with Crippen molar-refractivity contribution in [2.75, 3.05) is 50.1 Å². The molecule has 0 radical (unpaired) electrons. The van der Waals surface area contributed by atoms with Gasteiger partial charge in [0, 0.05) is 99.5 Å². The highest BCUT2D eigenvalue weighted by Gasteiger charge is 2.27. The summed E-state index contributed by atoms with van der Waals surface area (Å²) in [6, 6.07) is 14.4. The van der Waals surface area contributed by atoms with E-state index in [1.54, 1.807) is 21.9 Å². The molecule has 0 aliphatic rings. The SMILES string of the molecule is CCCCCCC(CCCCCCCCCCC(=O)O)N(C)C(=O)c1cc2ccc(N(CC)CC)cc2oc1=O.CCCCCCCCCCCCCCC(NC(=O)CCCCCCCCCCC(CCCCCC)N(C)C(=O)c1cc2ccc(N(CC)CC)cc2oc1=O)C(=O)O. The van der Waals surface area contributed by atoms with E-state index in [0.717, 1.165) is 228 Å². The smallest absolute Gasteiger partial charge is 0.349 e. The van der Waals surface area contributed by atoms with Gasteiger partial charge in [0.15, 0.2) is 0 Å².